The molecule has 2 bridgehead atoms. The standard InChI is InChI=1S/C31H33ClF2O8/c1-16(35)39-27-25(38)28(40-17(2)36)29(41-18(3)37)42-26(27)20-6-9-24(32)21(13-20)12-19-4-7-22(8-5-19)30-10-11-31(33,34)23(14-30)15-30/h4-9,13,23,25-29,38H,10-12,14-15H2,1-3H3/t23?,25-,26+,27-,28+,29?,30?/m1/s1. The second-order valence-corrected chi connectivity index (χ2v) is 12.0. The summed E-state index contributed by atoms with van der Waals surface area (Å²) in [6.07, 6.45) is -4.99. The van der Waals surface area contributed by atoms with Gasteiger partial charge >= 0.3 is 17.9 Å². The Morgan fingerprint density at radius 2 is 1.55 bits per heavy atom. The second-order valence-electron chi connectivity index (χ2n) is 11.5. The quantitative estimate of drug-likeness (QED) is 0.339. The average Bonchev–Trinajstić information content (AvgIpc) is 2.88. The fourth-order valence-electron chi connectivity index (χ4n) is 6.47. The van der Waals surface area contributed by atoms with Crippen molar-refractivity contribution in [3.8, 4) is 0 Å². The zero-order chi connectivity index (χ0) is 30.4. The third-order valence-corrected chi connectivity index (χ3v) is 8.94. The molecule has 0 amide bonds. The summed E-state index contributed by atoms with van der Waals surface area (Å²) in [7, 11) is 0. The predicted molar refractivity (Wildman–Crippen MR) is 146 cm³/mol. The first-order chi connectivity index (χ1) is 19.8. The largest absolute Gasteiger partial charge is 0.456 e. The number of fused-ring (bicyclic) bond motifs is 2. The number of alkyl halides is 2. The summed E-state index contributed by atoms with van der Waals surface area (Å²) in [5.74, 6) is -5.27. The molecule has 1 aliphatic heterocycles. The Kier molecular flexibility index (Phi) is 8.35. The lowest BCUT2D eigenvalue weighted by Crippen LogP contribution is -2.58. The number of ether oxygens (including phenoxy) is 4. The van der Waals surface area contributed by atoms with Gasteiger partial charge in [-0.05, 0) is 59.4 Å². The first-order valence-electron chi connectivity index (χ1n) is 13.9. The molecule has 3 saturated carbocycles. The monoisotopic (exact) mass is 606 g/mol. The van der Waals surface area contributed by atoms with Gasteiger partial charge in [0.05, 0.1) is 0 Å². The molecule has 0 aromatic heterocycles. The van der Waals surface area contributed by atoms with Gasteiger partial charge in [0.2, 0.25) is 6.29 Å². The van der Waals surface area contributed by atoms with Gasteiger partial charge in [-0.15, -0.1) is 0 Å². The summed E-state index contributed by atoms with van der Waals surface area (Å²) in [5.41, 5.74) is 3.05. The molecule has 2 aromatic rings. The third-order valence-electron chi connectivity index (χ3n) is 8.57. The Bertz CT molecular complexity index is 1350. The highest BCUT2D eigenvalue weighted by Gasteiger charge is 2.60. The van der Waals surface area contributed by atoms with Crippen LogP contribution in [0.25, 0.3) is 0 Å². The van der Waals surface area contributed by atoms with E-state index in [1.165, 1.54) is 6.92 Å². The SMILES string of the molecule is CC(=O)OC1O[C@@H](c2ccc(Cl)c(Cc3ccc(C45CCC(F)(F)C(C4)C5)cc3)c2)[C@H](OC(C)=O)[C@@H](O)[C@@H]1OC(C)=O. The molecule has 11 heteroatoms. The molecule has 6 rings (SSSR count). The highest BCUT2D eigenvalue weighted by molar-refractivity contribution is 6.31. The summed E-state index contributed by atoms with van der Waals surface area (Å²) in [4.78, 5) is 35.4. The van der Waals surface area contributed by atoms with Crippen LogP contribution in [0.1, 0.15) is 74.8 Å². The normalized spacial score (nSPS) is 31.4. The minimum atomic E-state index is -2.56. The number of esters is 3. The number of rotatable bonds is 7. The van der Waals surface area contributed by atoms with Crippen LogP contribution in [0.15, 0.2) is 42.5 Å². The molecule has 4 aliphatic rings. The molecular weight excluding hydrogens is 574 g/mol. The lowest BCUT2D eigenvalue weighted by atomic mass is 9.50. The van der Waals surface area contributed by atoms with Crippen LogP contribution in [0.2, 0.25) is 5.02 Å². The number of aliphatic hydroxyl groups is 1. The van der Waals surface area contributed by atoms with Crippen LogP contribution in [0.4, 0.5) is 8.78 Å². The van der Waals surface area contributed by atoms with E-state index >= 15 is 0 Å². The average molecular weight is 607 g/mol. The van der Waals surface area contributed by atoms with Crippen molar-refractivity contribution in [3.63, 3.8) is 0 Å². The Morgan fingerprint density at radius 1 is 0.929 bits per heavy atom. The van der Waals surface area contributed by atoms with E-state index in [0.717, 1.165) is 25.0 Å². The van der Waals surface area contributed by atoms with Crippen molar-refractivity contribution in [1.29, 1.82) is 0 Å². The number of hydrogen-bond acceptors (Lipinski definition) is 8. The third kappa shape index (κ3) is 6.02. The summed E-state index contributed by atoms with van der Waals surface area (Å²) in [5, 5.41) is 11.6. The minimum Gasteiger partial charge on any atom is -0.456 e. The maximum Gasteiger partial charge on any atom is 0.305 e. The molecule has 1 heterocycles. The molecule has 1 N–H and O–H groups in total. The topological polar surface area (TPSA) is 108 Å². The summed E-state index contributed by atoms with van der Waals surface area (Å²) < 4.78 is 49.7. The van der Waals surface area contributed by atoms with E-state index in [1.54, 1.807) is 18.2 Å². The molecule has 5 atom stereocenters. The molecule has 8 nitrogen and oxygen atoms in total. The fourth-order valence-corrected chi connectivity index (χ4v) is 6.66. The van der Waals surface area contributed by atoms with E-state index in [-0.39, 0.29) is 11.8 Å². The molecule has 4 fully saturated rings. The molecule has 226 valence electrons. The second kappa shape index (κ2) is 11.5. The van der Waals surface area contributed by atoms with Crippen molar-refractivity contribution in [2.75, 3.05) is 0 Å². The van der Waals surface area contributed by atoms with Gasteiger partial charge in [0.1, 0.15) is 12.2 Å². The molecular formula is C31H33ClF2O8. The molecule has 1 unspecified atom stereocenters. The van der Waals surface area contributed by atoms with Crippen LogP contribution in [-0.4, -0.2) is 53.5 Å². The predicted octanol–water partition coefficient (Wildman–Crippen LogP) is 5.19. The van der Waals surface area contributed by atoms with Gasteiger partial charge in [-0.25, -0.2) is 8.78 Å². The molecule has 3 aliphatic carbocycles. The van der Waals surface area contributed by atoms with E-state index in [9.17, 15) is 28.3 Å². The van der Waals surface area contributed by atoms with Crippen LogP contribution in [0.3, 0.4) is 0 Å². The van der Waals surface area contributed by atoms with E-state index in [2.05, 4.69) is 0 Å². The maximum atomic E-state index is 14.0. The van der Waals surface area contributed by atoms with E-state index in [0.29, 0.717) is 41.8 Å². The van der Waals surface area contributed by atoms with Crippen molar-refractivity contribution in [1.82, 2.24) is 0 Å². The van der Waals surface area contributed by atoms with Crippen molar-refractivity contribution in [3.05, 3.63) is 69.7 Å². The molecule has 1 saturated heterocycles. The molecule has 2 aromatic carbocycles. The number of halogens is 3. The molecule has 0 spiro atoms. The number of carbonyl (C=O) groups is 3. The summed E-state index contributed by atoms with van der Waals surface area (Å²) in [6, 6.07) is 13.0. The smallest absolute Gasteiger partial charge is 0.305 e. The van der Waals surface area contributed by atoms with E-state index < -0.39 is 60.5 Å². The van der Waals surface area contributed by atoms with Crippen molar-refractivity contribution < 1.29 is 47.2 Å². The van der Waals surface area contributed by atoms with Crippen molar-refractivity contribution in [2.24, 2.45) is 5.92 Å². The maximum absolute atomic E-state index is 14.0. The first kappa shape index (κ1) is 30.4. The summed E-state index contributed by atoms with van der Waals surface area (Å²) in [6.45, 7) is 3.44. The lowest BCUT2D eigenvalue weighted by molar-refractivity contribution is -0.296. The Balaban J connectivity index is 1.38. The van der Waals surface area contributed by atoms with Crippen molar-refractivity contribution in [2.45, 2.75) is 94.9 Å². The van der Waals surface area contributed by atoms with E-state index in [1.807, 2.05) is 24.3 Å². The van der Waals surface area contributed by atoms with Crippen LogP contribution in [0.5, 0.6) is 0 Å². The number of aliphatic hydroxyl groups excluding tert-OH is 1. The zero-order valence-electron chi connectivity index (χ0n) is 23.5. The van der Waals surface area contributed by atoms with Gasteiger partial charge in [-0.3, -0.25) is 14.4 Å². The van der Waals surface area contributed by atoms with Crippen LogP contribution >= 0.6 is 11.6 Å². The van der Waals surface area contributed by atoms with Gasteiger partial charge in [0.15, 0.2) is 12.2 Å². The first-order valence-corrected chi connectivity index (χ1v) is 14.3. The lowest BCUT2D eigenvalue weighted by Gasteiger charge is -2.56. The summed E-state index contributed by atoms with van der Waals surface area (Å²) >= 11 is 6.55. The zero-order valence-corrected chi connectivity index (χ0v) is 24.2. The van der Waals surface area contributed by atoms with Gasteiger partial charge in [0.25, 0.3) is 5.92 Å². The Labute approximate surface area is 247 Å². The number of hydrogen-bond donors (Lipinski definition) is 1. The Morgan fingerprint density at radius 3 is 2.12 bits per heavy atom. The fraction of sp³-hybridized carbons (Fsp3) is 0.516. The molecule has 42 heavy (non-hydrogen) atoms. The minimum absolute atomic E-state index is 0.0754. The van der Waals surface area contributed by atoms with E-state index in [4.69, 9.17) is 30.5 Å². The number of carbonyl (C=O) groups excluding carboxylic acids is 3. The van der Waals surface area contributed by atoms with Crippen molar-refractivity contribution >= 4 is 29.5 Å². The van der Waals surface area contributed by atoms with Gasteiger partial charge in [-0.1, -0.05) is 48.0 Å². The van der Waals surface area contributed by atoms with Crippen LogP contribution < -0.4 is 0 Å². The van der Waals surface area contributed by atoms with Gasteiger partial charge in [-0.2, -0.15) is 0 Å². The van der Waals surface area contributed by atoms with Crippen LogP contribution in [0, 0.1) is 5.92 Å². The highest BCUT2D eigenvalue weighted by atomic mass is 35.5. The van der Waals surface area contributed by atoms with Gasteiger partial charge < -0.3 is 24.1 Å². The van der Waals surface area contributed by atoms with Crippen LogP contribution in [-0.2, 0) is 45.2 Å². The molecule has 0 radical (unpaired) electrons. The van der Waals surface area contributed by atoms with Gasteiger partial charge in [0, 0.05) is 38.1 Å². The highest BCUT2D eigenvalue weighted by Crippen LogP contribution is 2.62. The Hall–Kier alpha value is -3.08. The number of benzene rings is 2.